The molecule has 0 spiro atoms. The van der Waals surface area contributed by atoms with Gasteiger partial charge in [-0.15, -0.1) is 0 Å². The van der Waals surface area contributed by atoms with Crippen molar-refractivity contribution in [3.05, 3.63) is 64.2 Å². The summed E-state index contributed by atoms with van der Waals surface area (Å²) in [6, 6.07) is 12.9. The highest BCUT2D eigenvalue weighted by atomic mass is 16.5. The summed E-state index contributed by atoms with van der Waals surface area (Å²) in [5.41, 5.74) is 12.6. The van der Waals surface area contributed by atoms with Crippen LogP contribution in [0.15, 0.2) is 36.4 Å². The van der Waals surface area contributed by atoms with Crippen molar-refractivity contribution in [1.82, 2.24) is 0 Å². The molecule has 0 fully saturated rings. The van der Waals surface area contributed by atoms with Gasteiger partial charge in [-0.1, -0.05) is 30.3 Å². The lowest BCUT2D eigenvalue weighted by Gasteiger charge is -2.24. The third kappa shape index (κ3) is 2.96. The molecule has 0 aliphatic heterocycles. The summed E-state index contributed by atoms with van der Waals surface area (Å²) in [7, 11) is 0. The molecule has 2 N–H and O–H groups in total. The average molecular weight is 281 g/mol. The second-order valence-corrected chi connectivity index (χ2v) is 6.03. The van der Waals surface area contributed by atoms with Crippen LogP contribution in [0.25, 0.3) is 0 Å². The molecule has 2 aromatic rings. The Morgan fingerprint density at radius 1 is 1.14 bits per heavy atom. The van der Waals surface area contributed by atoms with Crippen molar-refractivity contribution < 1.29 is 4.74 Å². The zero-order chi connectivity index (χ0) is 14.8. The van der Waals surface area contributed by atoms with Crippen molar-refractivity contribution in [2.75, 3.05) is 0 Å². The second-order valence-electron chi connectivity index (χ2n) is 6.03. The number of fused-ring (bicyclic) bond motifs is 1. The molecule has 2 heteroatoms. The maximum absolute atomic E-state index is 6.20. The summed E-state index contributed by atoms with van der Waals surface area (Å²) in [6.07, 6.45) is 3.30. The van der Waals surface area contributed by atoms with E-state index in [0.717, 1.165) is 25.0 Å². The smallest absolute Gasteiger partial charge is 0.123 e. The minimum absolute atomic E-state index is 0.166. The molecule has 21 heavy (non-hydrogen) atoms. The van der Waals surface area contributed by atoms with Gasteiger partial charge in [-0.25, -0.2) is 0 Å². The van der Waals surface area contributed by atoms with Gasteiger partial charge < -0.3 is 10.5 Å². The lowest BCUT2D eigenvalue weighted by molar-refractivity contribution is 0.300. The highest BCUT2D eigenvalue weighted by molar-refractivity contribution is 5.43. The van der Waals surface area contributed by atoms with E-state index in [1.807, 2.05) is 0 Å². The Balaban J connectivity index is 1.79. The van der Waals surface area contributed by atoms with Crippen LogP contribution >= 0.6 is 0 Å². The molecule has 0 saturated heterocycles. The molecule has 1 atom stereocenters. The van der Waals surface area contributed by atoms with E-state index in [2.05, 4.69) is 50.2 Å². The van der Waals surface area contributed by atoms with Crippen molar-refractivity contribution in [2.45, 2.75) is 45.8 Å². The van der Waals surface area contributed by atoms with E-state index in [4.69, 9.17) is 10.5 Å². The first-order valence-electron chi connectivity index (χ1n) is 7.71. The van der Waals surface area contributed by atoms with Crippen LogP contribution in [0.2, 0.25) is 0 Å². The van der Waals surface area contributed by atoms with Crippen LogP contribution < -0.4 is 10.5 Å². The van der Waals surface area contributed by atoms with E-state index in [1.54, 1.807) is 0 Å². The lowest BCUT2D eigenvalue weighted by atomic mass is 9.87. The predicted molar refractivity (Wildman–Crippen MR) is 86.6 cm³/mol. The molecule has 0 radical (unpaired) electrons. The van der Waals surface area contributed by atoms with E-state index in [-0.39, 0.29) is 6.04 Å². The number of hydrogen-bond acceptors (Lipinski definition) is 2. The molecule has 0 saturated carbocycles. The predicted octanol–water partition coefficient (Wildman–Crippen LogP) is 4.22. The maximum Gasteiger partial charge on any atom is 0.123 e. The number of benzene rings is 2. The topological polar surface area (TPSA) is 35.2 Å². The van der Waals surface area contributed by atoms with Crippen LogP contribution in [-0.4, -0.2) is 0 Å². The Bertz CT molecular complexity index is 648. The standard InChI is InChI=1S/C19H23NO/c1-13-9-10-15(11-14(13)2)12-21-19-8-4-5-16-17(19)6-3-7-18(16)20/h4-5,8-11,18H,3,6-7,12,20H2,1-2H3. The molecule has 1 aliphatic rings. The van der Waals surface area contributed by atoms with Crippen LogP contribution in [0.4, 0.5) is 0 Å². The fourth-order valence-corrected chi connectivity index (χ4v) is 3.04. The van der Waals surface area contributed by atoms with Crippen molar-refractivity contribution in [3.63, 3.8) is 0 Å². The summed E-state index contributed by atoms with van der Waals surface area (Å²) in [6.45, 7) is 4.89. The molecule has 2 aromatic carbocycles. The van der Waals surface area contributed by atoms with Crippen molar-refractivity contribution in [2.24, 2.45) is 5.73 Å². The van der Waals surface area contributed by atoms with E-state index in [0.29, 0.717) is 6.61 Å². The minimum atomic E-state index is 0.166. The van der Waals surface area contributed by atoms with Crippen molar-refractivity contribution in [3.8, 4) is 5.75 Å². The van der Waals surface area contributed by atoms with Crippen LogP contribution in [0.3, 0.4) is 0 Å². The number of hydrogen-bond donors (Lipinski definition) is 1. The fraction of sp³-hybridized carbons (Fsp3) is 0.368. The van der Waals surface area contributed by atoms with Gasteiger partial charge in [0.2, 0.25) is 0 Å². The highest BCUT2D eigenvalue weighted by Crippen LogP contribution is 2.34. The molecule has 1 unspecified atom stereocenters. The van der Waals surface area contributed by atoms with Gasteiger partial charge in [0.1, 0.15) is 12.4 Å². The molecular weight excluding hydrogens is 258 g/mol. The molecule has 0 amide bonds. The Labute approximate surface area is 126 Å². The molecular formula is C19H23NO. The van der Waals surface area contributed by atoms with E-state index >= 15 is 0 Å². The zero-order valence-electron chi connectivity index (χ0n) is 12.9. The van der Waals surface area contributed by atoms with Crippen molar-refractivity contribution in [1.29, 1.82) is 0 Å². The first kappa shape index (κ1) is 14.2. The van der Waals surface area contributed by atoms with E-state index in [1.165, 1.54) is 27.8 Å². The zero-order valence-corrected chi connectivity index (χ0v) is 12.9. The second kappa shape index (κ2) is 5.90. The molecule has 110 valence electrons. The number of ether oxygens (including phenoxy) is 1. The monoisotopic (exact) mass is 281 g/mol. The third-order valence-corrected chi connectivity index (χ3v) is 4.48. The molecule has 1 aliphatic carbocycles. The first-order chi connectivity index (χ1) is 10.1. The van der Waals surface area contributed by atoms with Crippen molar-refractivity contribution >= 4 is 0 Å². The summed E-state index contributed by atoms with van der Waals surface area (Å²) in [5, 5.41) is 0. The summed E-state index contributed by atoms with van der Waals surface area (Å²) < 4.78 is 6.08. The molecule has 0 aromatic heterocycles. The first-order valence-corrected chi connectivity index (χ1v) is 7.71. The van der Waals surface area contributed by atoms with E-state index < -0.39 is 0 Å². The fourth-order valence-electron chi connectivity index (χ4n) is 3.04. The molecule has 0 bridgehead atoms. The molecule has 3 rings (SSSR count). The Hall–Kier alpha value is -1.80. The van der Waals surface area contributed by atoms with Gasteiger partial charge in [0.05, 0.1) is 0 Å². The minimum Gasteiger partial charge on any atom is -0.489 e. The van der Waals surface area contributed by atoms with Gasteiger partial charge >= 0.3 is 0 Å². The summed E-state index contributed by atoms with van der Waals surface area (Å²) in [4.78, 5) is 0. The highest BCUT2D eigenvalue weighted by Gasteiger charge is 2.19. The number of rotatable bonds is 3. The largest absolute Gasteiger partial charge is 0.489 e. The van der Waals surface area contributed by atoms with E-state index in [9.17, 15) is 0 Å². The Morgan fingerprint density at radius 3 is 2.81 bits per heavy atom. The summed E-state index contributed by atoms with van der Waals surface area (Å²) >= 11 is 0. The Kier molecular flexibility index (Phi) is 3.98. The summed E-state index contributed by atoms with van der Waals surface area (Å²) in [5.74, 6) is 1.00. The van der Waals surface area contributed by atoms with Gasteiger partial charge in [0, 0.05) is 6.04 Å². The van der Waals surface area contributed by atoms with Gasteiger partial charge in [-0.3, -0.25) is 0 Å². The van der Waals surface area contributed by atoms with Gasteiger partial charge in [0.15, 0.2) is 0 Å². The van der Waals surface area contributed by atoms with Crippen LogP contribution in [-0.2, 0) is 13.0 Å². The van der Waals surface area contributed by atoms with Gasteiger partial charge in [-0.2, -0.15) is 0 Å². The molecule has 0 heterocycles. The maximum atomic E-state index is 6.20. The quantitative estimate of drug-likeness (QED) is 0.914. The Morgan fingerprint density at radius 2 is 2.00 bits per heavy atom. The number of nitrogens with two attached hydrogens (primary N) is 1. The third-order valence-electron chi connectivity index (χ3n) is 4.48. The molecule has 2 nitrogen and oxygen atoms in total. The van der Waals surface area contributed by atoms with Gasteiger partial charge in [-0.05, 0) is 67.0 Å². The lowest BCUT2D eigenvalue weighted by Crippen LogP contribution is -2.18. The number of aryl methyl sites for hydroxylation is 2. The van der Waals surface area contributed by atoms with Crippen LogP contribution in [0, 0.1) is 13.8 Å². The van der Waals surface area contributed by atoms with Crippen LogP contribution in [0.5, 0.6) is 5.75 Å². The normalized spacial score (nSPS) is 17.4. The van der Waals surface area contributed by atoms with Gasteiger partial charge in [0.25, 0.3) is 0 Å². The SMILES string of the molecule is Cc1ccc(COc2cccc3c2CCCC3N)cc1C. The van der Waals surface area contributed by atoms with Crippen LogP contribution in [0.1, 0.15) is 46.7 Å². The average Bonchev–Trinajstić information content (AvgIpc) is 2.49.